The number of hydrogen-bond donors (Lipinski definition) is 0. The van der Waals surface area contributed by atoms with Gasteiger partial charge in [-0.25, -0.2) is 0 Å². The first-order valence-electron chi connectivity index (χ1n) is 3.90. The van der Waals surface area contributed by atoms with Gasteiger partial charge in [0.2, 0.25) is 0 Å². The van der Waals surface area contributed by atoms with Crippen molar-refractivity contribution in [2.45, 2.75) is 5.92 Å². The largest absolute Gasteiger partial charge is 0.352 e. The van der Waals surface area contributed by atoms with Gasteiger partial charge in [0.05, 0.1) is 11.3 Å². The normalized spacial score (nSPS) is 18.6. The summed E-state index contributed by atoms with van der Waals surface area (Å²) in [7, 11) is 1.34. The van der Waals surface area contributed by atoms with Gasteiger partial charge in [0, 0.05) is 11.5 Å². The predicted octanol–water partition coefficient (Wildman–Crippen LogP) is 2.52. The third-order valence-corrected chi connectivity index (χ3v) is 2.73. The molecule has 0 aromatic heterocycles. The quantitative estimate of drug-likeness (QED) is 0.703. The summed E-state index contributed by atoms with van der Waals surface area (Å²) in [5.41, 5.74) is 0.0302. The highest BCUT2D eigenvalue weighted by Gasteiger charge is 2.51. The van der Waals surface area contributed by atoms with Crippen LogP contribution in [0.3, 0.4) is 0 Å². The van der Waals surface area contributed by atoms with E-state index in [-0.39, 0.29) is 11.3 Å². The van der Waals surface area contributed by atoms with Crippen molar-refractivity contribution < 1.29 is 13.6 Å². The second-order valence-corrected chi connectivity index (χ2v) is 4.02. The highest BCUT2D eigenvalue weighted by atomic mass is 79.9. The number of alkyl halides is 2. The minimum absolute atomic E-state index is 0.229. The molecule has 0 radical (unpaired) electrons. The van der Waals surface area contributed by atoms with Crippen molar-refractivity contribution in [3.05, 3.63) is 28.2 Å². The molecule has 1 amide bonds. The molecule has 0 saturated carbocycles. The summed E-state index contributed by atoms with van der Waals surface area (Å²) in [6, 6.07) is 4.27. The predicted molar refractivity (Wildman–Crippen MR) is 51.4 cm³/mol. The lowest BCUT2D eigenvalue weighted by molar-refractivity contribution is -0.141. The highest BCUT2D eigenvalue weighted by Crippen LogP contribution is 2.44. The van der Waals surface area contributed by atoms with Crippen LogP contribution in [0.5, 0.6) is 0 Å². The Labute approximate surface area is 87.6 Å². The van der Waals surface area contributed by atoms with E-state index in [9.17, 15) is 13.6 Å². The molecular formula is C9H6BrF2NO. The second-order valence-electron chi connectivity index (χ2n) is 3.10. The highest BCUT2D eigenvalue weighted by molar-refractivity contribution is 9.10. The Hall–Kier alpha value is -0.970. The van der Waals surface area contributed by atoms with E-state index in [0.29, 0.717) is 4.47 Å². The molecule has 1 aliphatic heterocycles. The molecular weight excluding hydrogens is 256 g/mol. The number of nitrogens with zero attached hydrogens (tertiary/aromatic N) is 1. The fourth-order valence-corrected chi connectivity index (χ4v) is 1.83. The standard InChI is InChI=1S/C9H6BrF2NO/c1-13-7-4-5(10)2-3-6(7)9(11,12)8(13)14/h2-4H,1H3. The minimum Gasteiger partial charge on any atom is -0.309 e. The van der Waals surface area contributed by atoms with Gasteiger partial charge in [-0.15, -0.1) is 0 Å². The maximum Gasteiger partial charge on any atom is 0.352 e. The lowest BCUT2D eigenvalue weighted by atomic mass is 10.1. The molecule has 2 nitrogen and oxygen atoms in total. The van der Waals surface area contributed by atoms with Crippen molar-refractivity contribution in [2.24, 2.45) is 0 Å². The molecule has 0 spiro atoms. The Morgan fingerprint density at radius 3 is 2.71 bits per heavy atom. The molecule has 5 heteroatoms. The second kappa shape index (κ2) is 2.76. The average molecular weight is 262 g/mol. The van der Waals surface area contributed by atoms with Gasteiger partial charge in [-0.2, -0.15) is 8.78 Å². The number of rotatable bonds is 0. The van der Waals surface area contributed by atoms with Crippen LogP contribution in [0, 0.1) is 0 Å². The first-order chi connectivity index (χ1) is 6.44. The lowest BCUT2D eigenvalue weighted by Crippen LogP contribution is -2.31. The van der Waals surface area contributed by atoms with Gasteiger partial charge >= 0.3 is 11.8 Å². The van der Waals surface area contributed by atoms with E-state index in [0.717, 1.165) is 4.90 Å². The Balaban J connectivity index is 2.68. The smallest absolute Gasteiger partial charge is 0.309 e. The molecule has 0 fully saturated rings. The number of benzene rings is 1. The molecule has 0 N–H and O–H groups in total. The van der Waals surface area contributed by atoms with Crippen molar-refractivity contribution in [3.63, 3.8) is 0 Å². The Bertz CT molecular complexity index is 419. The monoisotopic (exact) mass is 261 g/mol. The first kappa shape index (κ1) is 9.58. The van der Waals surface area contributed by atoms with Crippen molar-refractivity contribution in [1.29, 1.82) is 0 Å². The van der Waals surface area contributed by atoms with Crippen LogP contribution in [0.2, 0.25) is 0 Å². The van der Waals surface area contributed by atoms with Crippen molar-refractivity contribution >= 4 is 27.5 Å². The van der Waals surface area contributed by atoms with Crippen LogP contribution in [0.25, 0.3) is 0 Å². The molecule has 0 saturated heterocycles. The number of amides is 1. The number of carbonyl (C=O) groups excluding carboxylic acids is 1. The molecule has 1 heterocycles. The summed E-state index contributed by atoms with van der Waals surface area (Å²) >= 11 is 3.17. The van der Waals surface area contributed by atoms with Crippen molar-refractivity contribution in [1.82, 2.24) is 0 Å². The summed E-state index contributed by atoms with van der Waals surface area (Å²) in [6.07, 6.45) is 0. The molecule has 0 bridgehead atoms. The molecule has 1 aromatic rings. The summed E-state index contributed by atoms with van der Waals surface area (Å²) in [4.78, 5) is 12.1. The number of halogens is 3. The molecule has 14 heavy (non-hydrogen) atoms. The minimum atomic E-state index is -3.38. The zero-order chi connectivity index (χ0) is 10.5. The van der Waals surface area contributed by atoms with Gasteiger partial charge in [0.1, 0.15) is 0 Å². The average Bonchev–Trinajstić information content (AvgIpc) is 2.28. The summed E-state index contributed by atoms with van der Waals surface area (Å²) in [5, 5.41) is 0. The third kappa shape index (κ3) is 1.08. The first-order valence-corrected chi connectivity index (χ1v) is 4.70. The molecule has 1 aromatic carbocycles. The van der Waals surface area contributed by atoms with Gasteiger partial charge in [-0.3, -0.25) is 4.79 Å². The van der Waals surface area contributed by atoms with Crippen LogP contribution >= 0.6 is 15.9 Å². The molecule has 2 rings (SSSR count). The van der Waals surface area contributed by atoms with E-state index in [1.807, 2.05) is 0 Å². The van der Waals surface area contributed by atoms with Gasteiger partial charge in [0.15, 0.2) is 0 Å². The molecule has 0 aliphatic carbocycles. The molecule has 0 unspecified atom stereocenters. The molecule has 0 atom stereocenters. The van der Waals surface area contributed by atoms with E-state index in [4.69, 9.17) is 0 Å². The van der Waals surface area contributed by atoms with E-state index in [1.54, 1.807) is 0 Å². The van der Waals surface area contributed by atoms with E-state index in [1.165, 1.54) is 25.2 Å². The third-order valence-electron chi connectivity index (χ3n) is 2.23. The summed E-state index contributed by atoms with van der Waals surface area (Å²) in [5.74, 6) is -4.56. The number of anilines is 1. The van der Waals surface area contributed by atoms with Crippen LogP contribution in [0.15, 0.2) is 22.7 Å². The van der Waals surface area contributed by atoms with Crippen LogP contribution in [0.4, 0.5) is 14.5 Å². The maximum absolute atomic E-state index is 13.3. The Morgan fingerprint density at radius 2 is 2.07 bits per heavy atom. The van der Waals surface area contributed by atoms with Gasteiger partial charge in [0.25, 0.3) is 0 Å². The Morgan fingerprint density at radius 1 is 1.43 bits per heavy atom. The van der Waals surface area contributed by atoms with E-state index in [2.05, 4.69) is 15.9 Å². The maximum atomic E-state index is 13.3. The van der Waals surface area contributed by atoms with Crippen LogP contribution in [-0.4, -0.2) is 13.0 Å². The van der Waals surface area contributed by atoms with Crippen molar-refractivity contribution in [3.8, 4) is 0 Å². The zero-order valence-electron chi connectivity index (χ0n) is 7.22. The number of hydrogen-bond acceptors (Lipinski definition) is 1. The fourth-order valence-electron chi connectivity index (χ4n) is 1.48. The van der Waals surface area contributed by atoms with Crippen molar-refractivity contribution in [2.75, 3.05) is 11.9 Å². The van der Waals surface area contributed by atoms with Gasteiger partial charge in [-0.1, -0.05) is 15.9 Å². The van der Waals surface area contributed by atoms with Gasteiger partial charge in [-0.05, 0) is 18.2 Å². The van der Waals surface area contributed by atoms with Crippen LogP contribution in [0.1, 0.15) is 5.56 Å². The lowest BCUT2D eigenvalue weighted by Gasteiger charge is -2.09. The fraction of sp³-hybridized carbons (Fsp3) is 0.222. The topological polar surface area (TPSA) is 20.3 Å². The number of likely N-dealkylation sites (N-methyl/N-ethyl adjacent to an activating group) is 1. The summed E-state index contributed by atoms with van der Waals surface area (Å²) < 4.78 is 27.3. The van der Waals surface area contributed by atoms with E-state index >= 15 is 0 Å². The molecule has 74 valence electrons. The number of fused-ring (bicyclic) bond motifs is 1. The Kier molecular flexibility index (Phi) is 1.89. The van der Waals surface area contributed by atoms with Crippen LogP contribution in [-0.2, 0) is 10.7 Å². The zero-order valence-corrected chi connectivity index (χ0v) is 8.81. The van der Waals surface area contributed by atoms with E-state index < -0.39 is 11.8 Å². The number of carbonyl (C=O) groups is 1. The van der Waals surface area contributed by atoms with Crippen LogP contribution < -0.4 is 4.90 Å². The molecule has 1 aliphatic rings. The SMILES string of the molecule is CN1C(=O)C(F)(F)c2ccc(Br)cc21. The summed E-state index contributed by atoms with van der Waals surface area (Å²) in [6.45, 7) is 0. The van der Waals surface area contributed by atoms with Gasteiger partial charge < -0.3 is 4.90 Å².